The van der Waals surface area contributed by atoms with Gasteiger partial charge in [-0.3, -0.25) is 4.99 Å². The van der Waals surface area contributed by atoms with Gasteiger partial charge in [0, 0.05) is 37.1 Å². The Labute approximate surface area is 173 Å². The maximum Gasteiger partial charge on any atom is 0.191 e. The molecule has 0 aromatic heterocycles. The first-order valence-corrected chi connectivity index (χ1v) is 9.46. The van der Waals surface area contributed by atoms with Crippen LogP contribution in [-0.4, -0.2) is 50.6 Å². The Hall–Kier alpha value is -0.530. The Bertz CT molecular complexity index is 589. The highest BCUT2D eigenvalue weighted by atomic mass is 127. The normalized spacial score (nSPS) is 22.4. The average molecular weight is 477 g/mol. The van der Waals surface area contributed by atoms with Crippen molar-refractivity contribution < 1.29 is 0 Å². The number of benzene rings is 1. The van der Waals surface area contributed by atoms with Crippen LogP contribution in [0.5, 0.6) is 0 Å². The number of nitrogens with zero attached hydrogens (tertiary/aromatic N) is 2. The lowest BCUT2D eigenvalue weighted by atomic mass is 9.96. The zero-order valence-electron chi connectivity index (χ0n) is 15.2. The van der Waals surface area contributed by atoms with Crippen molar-refractivity contribution in [3.05, 3.63) is 34.9 Å². The number of aliphatic imine (C=N–C) groups is 1. The molecular weight excluding hydrogens is 447 g/mol. The minimum Gasteiger partial charge on any atom is -0.356 e. The van der Waals surface area contributed by atoms with E-state index < -0.39 is 0 Å². The minimum atomic E-state index is 0. The summed E-state index contributed by atoms with van der Waals surface area (Å²) in [5.74, 6) is 1.64. The van der Waals surface area contributed by atoms with Gasteiger partial charge in [0.1, 0.15) is 0 Å². The molecule has 0 spiro atoms. The molecule has 2 fully saturated rings. The van der Waals surface area contributed by atoms with E-state index in [-0.39, 0.29) is 29.4 Å². The predicted molar refractivity (Wildman–Crippen MR) is 117 cm³/mol. The van der Waals surface area contributed by atoms with Crippen LogP contribution >= 0.6 is 35.6 Å². The first-order chi connectivity index (χ1) is 11.6. The van der Waals surface area contributed by atoms with Crippen molar-refractivity contribution in [3.63, 3.8) is 0 Å². The number of hydrogen-bond donors (Lipinski definition) is 2. The van der Waals surface area contributed by atoms with Crippen LogP contribution in [-0.2, 0) is 5.41 Å². The molecule has 1 saturated carbocycles. The second-order valence-electron chi connectivity index (χ2n) is 7.15. The second kappa shape index (κ2) is 9.42. The molecule has 0 radical (unpaired) electrons. The lowest BCUT2D eigenvalue weighted by molar-refractivity contribution is 0.341. The summed E-state index contributed by atoms with van der Waals surface area (Å²) in [5.41, 5.74) is 1.57. The van der Waals surface area contributed by atoms with Crippen molar-refractivity contribution in [2.75, 3.05) is 39.8 Å². The predicted octanol–water partition coefficient (Wildman–Crippen LogP) is 3.50. The first-order valence-electron chi connectivity index (χ1n) is 9.08. The Kier molecular flexibility index (Phi) is 7.83. The van der Waals surface area contributed by atoms with E-state index in [1.807, 2.05) is 19.2 Å². The molecule has 1 unspecified atom stereocenters. The third-order valence-corrected chi connectivity index (χ3v) is 5.72. The highest BCUT2D eigenvalue weighted by Gasteiger charge is 2.44. The number of nitrogens with one attached hydrogen (secondary N) is 2. The molecule has 140 valence electrons. The van der Waals surface area contributed by atoms with Crippen LogP contribution in [0.1, 0.15) is 31.7 Å². The van der Waals surface area contributed by atoms with Crippen LogP contribution < -0.4 is 10.6 Å². The molecule has 1 aliphatic heterocycles. The SMILES string of the molecule is CCN1CCC(CNC(=NC)NCC2(c3cccc(Cl)c3)CC2)C1.I. The Morgan fingerprint density at radius 2 is 2.16 bits per heavy atom. The topological polar surface area (TPSA) is 39.7 Å². The van der Waals surface area contributed by atoms with E-state index in [4.69, 9.17) is 11.6 Å². The number of halogens is 2. The van der Waals surface area contributed by atoms with Crippen LogP contribution in [0.25, 0.3) is 0 Å². The lowest BCUT2D eigenvalue weighted by Gasteiger charge is -2.20. The van der Waals surface area contributed by atoms with Crippen LogP contribution in [0.3, 0.4) is 0 Å². The van der Waals surface area contributed by atoms with Gasteiger partial charge in [0.2, 0.25) is 0 Å². The second-order valence-corrected chi connectivity index (χ2v) is 7.58. The smallest absolute Gasteiger partial charge is 0.191 e. The number of guanidine groups is 1. The van der Waals surface area contributed by atoms with Crippen molar-refractivity contribution in [1.29, 1.82) is 0 Å². The minimum absolute atomic E-state index is 0. The zero-order chi connectivity index (χ0) is 17.0. The van der Waals surface area contributed by atoms with Crippen LogP contribution in [0.2, 0.25) is 5.02 Å². The van der Waals surface area contributed by atoms with Crippen LogP contribution in [0.4, 0.5) is 0 Å². The monoisotopic (exact) mass is 476 g/mol. The summed E-state index contributed by atoms with van der Waals surface area (Å²) in [6.07, 6.45) is 3.71. The molecule has 1 atom stereocenters. The summed E-state index contributed by atoms with van der Waals surface area (Å²) in [6.45, 7) is 7.74. The van der Waals surface area contributed by atoms with Crippen molar-refractivity contribution in [3.8, 4) is 0 Å². The van der Waals surface area contributed by atoms with Crippen molar-refractivity contribution in [1.82, 2.24) is 15.5 Å². The van der Waals surface area contributed by atoms with E-state index in [9.17, 15) is 0 Å². The van der Waals surface area contributed by atoms with Gasteiger partial charge in [-0.2, -0.15) is 0 Å². The Morgan fingerprint density at radius 1 is 1.36 bits per heavy atom. The Balaban J connectivity index is 0.00000225. The van der Waals surface area contributed by atoms with E-state index in [0.717, 1.165) is 36.5 Å². The van der Waals surface area contributed by atoms with E-state index in [0.29, 0.717) is 0 Å². The molecule has 2 aliphatic rings. The highest BCUT2D eigenvalue weighted by molar-refractivity contribution is 14.0. The molecule has 3 rings (SSSR count). The fourth-order valence-electron chi connectivity index (χ4n) is 3.62. The van der Waals surface area contributed by atoms with Crippen molar-refractivity contribution >= 4 is 41.5 Å². The van der Waals surface area contributed by atoms with Crippen molar-refractivity contribution in [2.45, 2.75) is 31.6 Å². The third kappa shape index (κ3) is 5.47. The fourth-order valence-corrected chi connectivity index (χ4v) is 3.81. The van der Waals surface area contributed by atoms with Gasteiger partial charge in [-0.15, -0.1) is 24.0 Å². The van der Waals surface area contributed by atoms with Gasteiger partial charge in [0.15, 0.2) is 5.96 Å². The number of likely N-dealkylation sites (tertiary alicyclic amines) is 1. The van der Waals surface area contributed by atoms with Crippen LogP contribution in [0.15, 0.2) is 29.3 Å². The average Bonchev–Trinajstić information content (AvgIpc) is 3.25. The first kappa shape index (κ1) is 20.8. The molecule has 1 saturated heterocycles. The third-order valence-electron chi connectivity index (χ3n) is 5.48. The summed E-state index contributed by atoms with van der Waals surface area (Å²) in [5, 5.41) is 7.85. The molecular formula is C19H30ClIN4. The van der Waals surface area contributed by atoms with Gasteiger partial charge >= 0.3 is 0 Å². The maximum atomic E-state index is 6.15. The van der Waals surface area contributed by atoms with Crippen molar-refractivity contribution in [2.24, 2.45) is 10.9 Å². The standard InChI is InChI=1S/C19H29ClN4.HI/c1-3-24-10-7-15(13-24)12-22-18(21-2)23-14-19(8-9-19)16-5-4-6-17(20)11-16;/h4-6,11,15H,3,7-10,12-14H2,1-2H3,(H2,21,22,23);1H. The van der Waals surface area contributed by atoms with E-state index in [1.54, 1.807) is 0 Å². The number of rotatable bonds is 6. The van der Waals surface area contributed by atoms with Gasteiger partial charge in [-0.25, -0.2) is 0 Å². The van der Waals surface area contributed by atoms with Gasteiger partial charge in [-0.1, -0.05) is 30.7 Å². The zero-order valence-corrected chi connectivity index (χ0v) is 18.3. The molecule has 0 amide bonds. The summed E-state index contributed by atoms with van der Waals surface area (Å²) >= 11 is 6.15. The lowest BCUT2D eigenvalue weighted by Crippen LogP contribution is -2.43. The highest BCUT2D eigenvalue weighted by Crippen LogP contribution is 2.48. The molecule has 6 heteroatoms. The molecule has 1 aromatic carbocycles. The molecule has 0 bridgehead atoms. The van der Waals surface area contributed by atoms with E-state index >= 15 is 0 Å². The van der Waals surface area contributed by atoms with E-state index in [1.165, 1.54) is 37.9 Å². The summed E-state index contributed by atoms with van der Waals surface area (Å²) < 4.78 is 0. The fraction of sp³-hybridized carbons (Fsp3) is 0.632. The van der Waals surface area contributed by atoms with E-state index in [2.05, 4.69) is 39.6 Å². The van der Waals surface area contributed by atoms with Gasteiger partial charge in [0.05, 0.1) is 0 Å². The quantitative estimate of drug-likeness (QED) is 0.375. The largest absolute Gasteiger partial charge is 0.356 e. The summed E-state index contributed by atoms with van der Waals surface area (Å²) in [7, 11) is 1.85. The molecule has 25 heavy (non-hydrogen) atoms. The van der Waals surface area contributed by atoms with Gasteiger partial charge < -0.3 is 15.5 Å². The van der Waals surface area contributed by atoms with Crippen LogP contribution in [0, 0.1) is 5.92 Å². The maximum absolute atomic E-state index is 6.15. The number of hydrogen-bond acceptors (Lipinski definition) is 2. The summed E-state index contributed by atoms with van der Waals surface area (Å²) in [4.78, 5) is 6.90. The molecule has 1 aliphatic carbocycles. The molecule has 1 heterocycles. The van der Waals surface area contributed by atoms with Gasteiger partial charge in [-0.05, 0) is 56.0 Å². The van der Waals surface area contributed by atoms with Gasteiger partial charge in [0.25, 0.3) is 0 Å². The Morgan fingerprint density at radius 3 is 2.76 bits per heavy atom. The molecule has 1 aromatic rings. The summed E-state index contributed by atoms with van der Waals surface area (Å²) in [6, 6.07) is 8.28. The molecule has 2 N–H and O–H groups in total. The molecule has 4 nitrogen and oxygen atoms in total.